The molecule has 2 aromatic heterocycles. The van der Waals surface area contributed by atoms with E-state index in [1.54, 1.807) is 59.4 Å². The lowest BCUT2D eigenvalue weighted by molar-refractivity contribution is 0.0949. The number of carbonyl (C=O) groups excluding carboxylic acids is 2. The van der Waals surface area contributed by atoms with Gasteiger partial charge in [-0.25, -0.2) is 13.4 Å². The van der Waals surface area contributed by atoms with Gasteiger partial charge in [0.15, 0.2) is 5.78 Å². The molecule has 4 rings (SSSR count). The molecular weight excluding hydrogens is 414 g/mol. The van der Waals surface area contributed by atoms with Gasteiger partial charge in [-0.1, -0.05) is 24.3 Å². The first-order valence-electron chi connectivity index (χ1n) is 9.50. The van der Waals surface area contributed by atoms with Crippen LogP contribution in [0.15, 0.2) is 89.0 Å². The molecular formula is C23H19N3O4S. The number of nitrogens with one attached hydrogen (secondary N) is 1. The third-order valence-electron chi connectivity index (χ3n) is 4.89. The van der Waals surface area contributed by atoms with Gasteiger partial charge in [0, 0.05) is 30.7 Å². The van der Waals surface area contributed by atoms with Crippen molar-refractivity contribution in [3.63, 3.8) is 0 Å². The molecule has 0 aliphatic rings. The Morgan fingerprint density at radius 3 is 2.48 bits per heavy atom. The maximum atomic E-state index is 12.9. The number of hydrogen-bond donors (Lipinski definition) is 1. The zero-order chi connectivity index (χ0) is 22.0. The van der Waals surface area contributed by atoms with E-state index in [2.05, 4.69) is 10.3 Å². The van der Waals surface area contributed by atoms with Crippen molar-refractivity contribution in [1.29, 1.82) is 0 Å². The lowest BCUT2D eigenvalue weighted by Gasteiger charge is -2.09. The molecule has 0 radical (unpaired) electrons. The molecule has 0 saturated heterocycles. The van der Waals surface area contributed by atoms with Gasteiger partial charge in [-0.3, -0.25) is 9.59 Å². The number of ketones is 1. The highest BCUT2D eigenvalue weighted by atomic mass is 32.2. The van der Waals surface area contributed by atoms with Gasteiger partial charge >= 0.3 is 0 Å². The molecule has 1 N–H and O–H groups in total. The molecule has 4 aromatic rings. The second kappa shape index (κ2) is 8.16. The Hall–Kier alpha value is -3.78. The van der Waals surface area contributed by atoms with Gasteiger partial charge in [-0.2, -0.15) is 0 Å². The third kappa shape index (κ3) is 4.24. The van der Waals surface area contributed by atoms with Crippen LogP contribution in [0.3, 0.4) is 0 Å². The number of amides is 1. The van der Waals surface area contributed by atoms with Gasteiger partial charge < -0.3 is 9.72 Å². The summed E-state index contributed by atoms with van der Waals surface area (Å²) < 4.78 is 27.5. The largest absolute Gasteiger partial charge is 0.348 e. The number of aromatic nitrogens is 2. The first-order valence-corrected chi connectivity index (χ1v) is 11.0. The lowest BCUT2D eigenvalue weighted by atomic mass is 10.2. The zero-order valence-electron chi connectivity index (χ0n) is 16.6. The van der Waals surface area contributed by atoms with E-state index < -0.39 is 9.84 Å². The smallest absolute Gasteiger partial charge is 0.253 e. The Morgan fingerprint density at radius 2 is 1.74 bits per heavy atom. The number of nitrogens with zero attached hydrogens (tertiary/aromatic N) is 2. The predicted octanol–water partition coefficient (Wildman–Crippen LogP) is 3.30. The molecule has 0 unspecified atom stereocenters. The molecule has 156 valence electrons. The van der Waals surface area contributed by atoms with Gasteiger partial charge in [0.25, 0.3) is 5.91 Å². The van der Waals surface area contributed by atoms with Crippen LogP contribution in [0.5, 0.6) is 0 Å². The van der Waals surface area contributed by atoms with E-state index in [1.165, 1.54) is 31.2 Å². The summed E-state index contributed by atoms with van der Waals surface area (Å²) in [6.07, 6.45) is 5.11. The summed E-state index contributed by atoms with van der Waals surface area (Å²) in [7, 11) is -3.75. The average Bonchev–Trinajstić information content (AvgIpc) is 3.25. The predicted molar refractivity (Wildman–Crippen MR) is 115 cm³/mol. The van der Waals surface area contributed by atoms with Gasteiger partial charge in [0.1, 0.15) is 5.65 Å². The average molecular weight is 433 g/mol. The van der Waals surface area contributed by atoms with Crippen LogP contribution in [-0.4, -0.2) is 29.5 Å². The number of imidazole rings is 1. The van der Waals surface area contributed by atoms with E-state index in [-0.39, 0.29) is 28.0 Å². The molecule has 31 heavy (non-hydrogen) atoms. The van der Waals surface area contributed by atoms with Crippen molar-refractivity contribution >= 4 is 27.2 Å². The van der Waals surface area contributed by atoms with Crippen LogP contribution in [-0.2, 0) is 16.4 Å². The second-order valence-electron chi connectivity index (χ2n) is 7.02. The first kappa shape index (κ1) is 20.5. The highest BCUT2D eigenvalue weighted by molar-refractivity contribution is 7.91. The van der Waals surface area contributed by atoms with Gasteiger partial charge in [0.2, 0.25) is 9.84 Å². The summed E-state index contributed by atoms with van der Waals surface area (Å²) in [4.78, 5) is 28.3. The number of rotatable bonds is 6. The van der Waals surface area contributed by atoms with Crippen LogP contribution < -0.4 is 5.32 Å². The number of sulfone groups is 1. The molecule has 0 atom stereocenters. The number of fused-ring (bicyclic) bond motifs is 1. The molecule has 0 aliphatic carbocycles. The fraction of sp³-hybridized carbons (Fsp3) is 0.0870. The van der Waals surface area contributed by atoms with E-state index in [4.69, 9.17) is 0 Å². The van der Waals surface area contributed by atoms with Gasteiger partial charge in [-0.05, 0) is 48.9 Å². The number of benzene rings is 2. The molecule has 0 fully saturated rings. The van der Waals surface area contributed by atoms with E-state index in [0.717, 1.165) is 11.2 Å². The molecule has 2 heterocycles. The fourth-order valence-electron chi connectivity index (χ4n) is 3.14. The molecule has 0 aliphatic heterocycles. The second-order valence-corrected chi connectivity index (χ2v) is 8.97. The topological polar surface area (TPSA) is 97.6 Å². The lowest BCUT2D eigenvalue weighted by Crippen LogP contribution is -2.23. The van der Waals surface area contributed by atoms with E-state index in [1.807, 2.05) is 0 Å². The number of carbonyl (C=O) groups is 2. The molecule has 0 bridgehead atoms. The Balaban J connectivity index is 1.47. The summed E-state index contributed by atoms with van der Waals surface area (Å²) in [5.41, 5.74) is 2.35. The number of Topliss-reactive ketones (excluding diaryl/α,β-unsaturated/α-hetero) is 1. The minimum atomic E-state index is -3.75. The maximum absolute atomic E-state index is 12.9. The molecule has 0 spiro atoms. The van der Waals surface area contributed by atoms with Crippen molar-refractivity contribution in [3.05, 3.63) is 95.9 Å². The van der Waals surface area contributed by atoms with Gasteiger partial charge in [0.05, 0.1) is 15.4 Å². The zero-order valence-corrected chi connectivity index (χ0v) is 17.5. The van der Waals surface area contributed by atoms with Crippen molar-refractivity contribution in [3.8, 4) is 0 Å². The Morgan fingerprint density at radius 1 is 0.968 bits per heavy atom. The monoisotopic (exact) mass is 433 g/mol. The van der Waals surface area contributed by atoms with Crippen LogP contribution in [0.1, 0.15) is 33.2 Å². The van der Waals surface area contributed by atoms with E-state index in [9.17, 15) is 18.0 Å². The van der Waals surface area contributed by atoms with E-state index in [0.29, 0.717) is 11.1 Å². The molecule has 1 amide bonds. The van der Waals surface area contributed by atoms with Gasteiger partial charge in [-0.15, -0.1) is 0 Å². The summed E-state index contributed by atoms with van der Waals surface area (Å²) in [5, 5.41) is 2.82. The fourth-order valence-corrected chi connectivity index (χ4v) is 4.45. The normalized spacial score (nSPS) is 11.4. The Kier molecular flexibility index (Phi) is 5.39. The highest BCUT2D eigenvalue weighted by Crippen LogP contribution is 2.22. The van der Waals surface area contributed by atoms with Crippen LogP contribution in [0.4, 0.5) is 0 Å². The van der Waals surface area contributed by atoms with Crippen molar-refractivity contribution in [1.82, 2.24) is 14.7 Å². The summed E-state index contributed by atoms with van der Waals surface area (Å²) in [6.45, 7) is 1.64. The summed E-state index contributed by atoms with van der Waals surface area (Å²) in [6, 6.07) is 15.7. The minimum Gasteiger partial charge on any atom is -0.348 e. The highest BCUT2D eigenvalue weighted by Gasteiger charge is 2.18. The summed E-state index contributed by atoms with van der Waals surface area (Å²) >= 11 is 0. The Bertz CT molecular complexity index is 1390. The molecule has 7 nitrogen and oxygen atoms in total. The third-order valence-corrected chi connectivity index (χ3v) is 6.66. The van der Waals surface area contributed by atoms with Crippen LogP contribution in [0, 0.1) is 0 Å². The standard InChI is InChI=1S/C23H19N3O4S/c1-16(27)18-3-2-4-21(13-18)31(29,30)20-8-5-17(6-9-20)14-25-23(28)19-7-10-22-24-11-12-26(22)15-19/h2-13,15H,14H2,1H3,(H,25,28). The molecule has 8 heteroatoms. The molecule has 0 saturated carbocycles. The van der Waals surface area contributed by atoms with Crippen molar-refractivity contribution in [2.45, 2.75) is 23.3 Å². The first-order chi connectivity index (χ1) is 14.8. The van der Waals surface area contributed by atoms with Crippen LogP contribution in [0.25, 0.3) is 5.65 Å². The minimum absolute atomic E-state index is 0.0659. The van der Waals surface area contributed by atoms with Crippen LogP contribution in [0.2, 0.25) is 0 Å². The van der Waals surface area contributed by atoms with E-state index >= 15 is 0 Å². The SMILES string of the molecule is CC(=O)c1cccc(S(=O)(=O)c2ccc(CNC(=O)c3ccc4nccn4c3)cc2)c1. The van der Waals surface area contributed by atoms with Crippen LogP contribution >= 0.6 is 0 Å². The molecule has 2 aromatic carbocycles. The number of hydrogen-bond acceptors (Lipinski definition) is 5. The summed E-state index contributed by atoms with van der Waals surface area (Å²) in [5.74, 6) is -0.441. The van der Waals surface area contributed by atoms with Crippen molar-refractivity contribution < 1.29 is 18.0 Å². The maximum Gasteiger partial charge on any atom is 0.253 e. The quantitative estimate of drug-likeness (QED) is 0.471. The number of pyridine rings is 1. The van der Waals surface area contributed by atoms with Crippen molar-refractivity contribution in [2.75, 3.05) is 0 Å². The Labute approximate surface area is 179 Å². The van der Waals surface area contributed by atoms with Crippen molar-refractivity contribution in [2.24, 2.45) is 0 Å².